The average Bonchev–Trinajstić information content (AvgIpc) is 2.26. The van der Waals surface area contributed by atoms with Crippen molar-refractivity contribution in [3.05, 3.63) is 22.9 Å². The van der Waals surface area contributed by atoms with Crippen molar-refractivity contribution in [1.29, 1.82) is 0 Å². The zero-order valence-electron chi connectivity index (χ0n) is 11.4. The predicted octanol–water partition coefficient (Wildman–Crippen LogP) is 2.89. The van der Waals surface area contributed by atoms with Crippen LogP contribution in [-0.4, -0.2) is 28.0 Å². The smallest absolute Gasteiger partial charge is 0.137 e. The van der Waals surface area contributed by atoms with Gasteiger partial charge in [0, 0.05) is 17.5 Å². The Labute approximate surface area is 119 Å². The minimum Gasteiger partial charge on any atom is -0.389 e. The Kier molecular flexibility index (Phi) is 5.88. The van der Waals surface area contributed by atoms with E-state index in [0.717, 1.165) is 34.8 Å². The number of anilines is 1. The lowest BCUT2D eigenvalue weighted by Crippen LogP contribution is -2.25. The van der Waals surface area contributed by atoms with Gasteiger partial charge in [0.2, 0.25) is 0 Å². The molecule has 0 spiro atoms. The van der Waals surface area contributed by atoms with E-state index in [1.807, 2.05) is 31.7 Å². The van der Waals surface area contributed by atoms with E-state index in [-0.39, 0.29) is 0 Å². The third kappa shape index (κ3) is 3.85. The Hall–Kier alpha value is -0.810. The zero-order valence-corrected chi connectivity index (χ0v) is 13.0. The van der Waals surface area contributed by atoms with Gasteiger partial charge in [0.05, 0.1) is 5.56 Å². The molecular weight excluding hydrogens is 262 g/mol. The van der Waals surface area contributed by atoms with Gasteiger partial charge in [-0.05, 0) is 38.2 Å². The Bertz CT molecular complexity index is 432. The summed E-state index contributed by atoms with van der Waals surface area (Å²) in [6, 6.07) is 2.40. The van der Waals surface area contributed by atoms with Crippen LogP contribution in [-0.2, 0) is 0 Å². The molecule has 0 aliphatic heterocycles. The fraction of sp³-hybridized carbons (Fsp3) is 0.538. The Morgan fingerprint density at radius 1 is 1.56 bits per heavy atom. The molecule has 1 aromatic heterocycles. The standard InChI is InChI=1S/C13H21N3S2/c1-5-10(7-18-4)16-13-11(12(14)17)8(2)6-9(3)15-13/h6,10H,5,7H2,1-4H3,(H2,14,17)(H,15,16). The number of pyridine rings is 1. The molecule has 1 aromatic rings. The van der Waals surface area contributed by atoms with Crippen molar-refractivity contribution < 1.29 is 0 Å². The summed E-state index contributed by atoms with van der Waals surface area (Å²) < 4.78 is 0. The van der Waals surface area contributed by atoms with Crippen molar-refractivity contribution in [2.75, 3.05) is 17.3 Å². The van der Waals surface area contributed by atoms with Gasteiger partial charge in [0.15, 0.2) is 0 Å². The van der Waals surface area contributed by atoms with Gasteiger partial charge >= 0.3 is 0 Å². The maximum Gasteiger partial charge on any atom is 0.137 e. The van der Waals surface area contributed by atoms with Crippen LogP contribution in [0.5, 0.6) is 0 Å². The minimum absolute atomic E-state index is 0.391. The molecule has 0 aromatic carbocycles. The van der Waals surface area contributed by atoms with Gasteiger partial charge < -0.3 is 11.1 Å². The highest BCUT2D eigenvalue weighted by Crippen LogP contribution is 2.20. The first-order valence-electron chi connectivity index (χ1n) is 6.03. The number of nitrogens with zero attached hydrogens (tertiary/aromatic N) is 1. The maximum absolute atomic E-state index is 5.80. The van der Waals surface area contributed by atoms with E-state index in [4.69, 9.17) is 18.0 Å². The van der Waals surface area contributed by atoms with E-state index in [9.17, 15) is 0 Å². The molecule has 1 atom stereocenters. The topological polar surface area (TPSA) is 50.9 Å². The summed E-state index contributed by atoms with van der Waals surface area (Å²) >= 11 is 6.95. The molecule has 0 aliphatic rings. The van der Waals surface area contributed by atoms with E-state index in [1.54, 1.807) is 0 Å². The molecular formula is C13H21N3S2. The quantitative estimate of drug-likeness (QED) is 0.786. The Balaban J connectivity index is 3.09. The van der Waals surface area contributed by atoms with E-state index in [2.05, 4.69) is 23.5 Å². The largest absolute Gasteiger partial charge is 0.389 e. The molecule has 3 N–H and O–H groups in total. The molecule has 0 saturated heterocycles. The highest BCUT2D eigenvalue weighted by Gasteiger charge is 2.14. The van der Waals surface area contributed by atoms with Gasteiger partial charge in [-0.25, -0.2) is 4.98 Å². The fourth-order valence-corrected chi connectivity index (χ4v) is 2.89. The molecule has 0 aliphatic carbocycles. The second-order valence-corrected chi connectivity index (χ2v) is 5.72. The summed E-state index contributed by atoms with van der Waals surface area (Å²) in [6.07, 6.45) is 3.15. The van der Waals surface area contributed by atoms with Crippen LogP contribution in [0.4, 0.5) is 5.82 Å². The fourth-order valence-electron chi connectivity index (χ4n) is 1.91. The monoisotopic (exact) mass is 283 g/mol. The van der Waals surface area contributed by atoms with Gasteiger partial charge in [0.25, 0.3) is 0 Å². The normalized spacial score (nSPS) is 12.2. The van der Waals surface area contributed by atoms with Crippen molar-refractivity contribution in [3.8, 4) is 0 Å². The van der Waals surface area contributed by atoms with Crippen LogP contribution in [0.2, 0.25) is 0 Å². The summed E-state index contributed by atoms with van der Waals surface area (Å²) in [4.78, 5) is 4.94. The SMILES string of the molecule is CCC(CSC)Nc1nc(C)cc(C)c1C(N)=S. The molecule has 0 radical (unpaired) electrons. The molecule has 3 nitrogen and oxygen atoms in total. The Morgan fingerprint density at radius 2 is 2.22 bits per heavy atom. The van der Waals surface area contributed by atoms with Crippen LogP contribution in [0.1, 0.15) is 30.2 Å². The van der Waals surface area contributed by atoms with Gasteiger partial charge in [0.1, 0.15) is 10.8 Å². The van der Waals surface area contributed by atoms with Crippen LogP contribution < -0.4 is 11.1 Å². The maximum atomic E-state index is 5.80. The minimum atomic E-state index is 0.391. The van der Waals surface area contributed by atoms with Crippen LogP contribution in [0.3, 0.4) is 0 Å². The van der Waals surface area contributed by atoms with Gasteiger partial charge in [-0.1, -0.05) is 19.1 Å². The lowest BCUT2D eigenvalue weighted by atomic mass is 10.1. The number of thiocarbonyl (C=S) groups is 1. The van der Waals surface area contributed by atoms with E-state index in [1.165, 1.54) is 0 Å². The second kappa shape index (κ2) is 6.95. The van der Waals surface area contributed by atoms with E-state index >= 15 is 0 Å². The van der Waals surface area contributed by atoms with Gasteiger partial charge in [-0.15, -0.1) is 0 Å². The Morgan fingerprint density at radius 3 is 2.72 bits per heavy atom. The number of aromatic nitrogens is 1. The van der Waals surface area contributed by atoms with Gasteiger partial charge in [-0.2, -0.15) is 11.8 Å². The van der Waals surface area contributed by atoms with Crippen LogP contribution in [0.25, 0.3) is 0 Å². The number of aryl methyl sites for hydroxylation is 2. The predicted molar refractivity (Wildman–Crippen MR) is 85.7 cm³/mol. The van der Waals surface area contributed by atoms with Crippen molar-refractivity contribution in [3.63, 3.8) is 0 Å². The van der Waals surface area contributed by atoms with Crippen molar-refractivity contribution in [2.24, 2.45) is 5.73 Å². The third-order valence-electron chi connectivity index (χ3n) is 2.79. The molecule has 0 saturated carbocycles. The first-order chi connectivity index (χ1) is 8.49. The molecule has 1 unspecified atom stereocenters. The van der Waals surface area contributed by atoms with Crippen molar-refractivity contribution in [1.82, 2.24) is 4.98 Å². The summed E-state index contributed by atoms with van der Waals surface area (Å²) in [5, 5.41) is 3.46. The molecule has 5 heteroatoms. The third-order valence-corrected chi connectivity index (χ3v) is 3.73. The van der Waals surface area contributed by atoms with Crippen LogP contribution in [0.15, 0.2) is 6.07 Å². The zero-order chi connectivity index (χ0) is 13.7. The lowest BCUT2D eigenvalue weighted by molar-refractivity contribution is 0.768. The molecule has 100 valence electrons. The first kappa shape index (κ1) is 15.2. The van der Waals surface area contributed by atoms with E-state index < -0.39 is 0 Å². The number of nitrogens with two attached hydrogens (primary N) is 1. The molecule has 0 bridgehead atoms. The number of hydrogen-bond donors (Lipinski definition) is 2. The molecule has 18 heavy (non-hydrogen) atoms. The number of nitrogens with one attached hydrogen (secondary N) is 1. The highest BCUT2D eigenvalue weighted by molar-refractivity contribution is 7.98. The summed E-state index contributed by atoms with van der Waals surface area (Å²) in [7, 11) is 0. The number of hydrogen-bond acceptors (Lipinski definition) is 4. The number of rotatable bonds is 6. The van der Waals surface area contributed by atoms with Crippen molar-refractivity contribution in [2.45, 2.75) is 33.2 Å². The van der Waals surface area contributed by atoms with Crippen molar-refractivity contribution >= 4 is 34.8 Å². The highest BCUT2D eigenvalue weighted by atomic mass is 32.2. The summed E-state index contributed by atoms with van der Waals surface area (Å²) in [5.41, 5.74) is 8.73. The van der Waals surface area contributed by atoms with Crippen LogP contribution in [0, 0.1) is 13.8 Å². The number of thioether (sulfide) groups is 1. The summed E-state index contributed by atoms with van der Waals surface area (Å²) in [5.74, 6) is 1.86. The van der Waals surface area contributed by atoms with Gasteiger partial charge in [-0.3, -0.25) is 0 Å². The molecule has 1 rings (SSSR count). The van der Waals surface area contributed by atoms with E-state index in [0.29, 0.717) is 11.0 Å². The molecule has 1 heterocycles. The molecule has 0 amide bonds. The average molecular weight is 283 g/mol. The first-order valence-corrected chi connectivity index (χ1v) is 7.83. The van der Waals surface area contributed by atoms with Crippen LogP contribution >= 0.6 is 24.0 Å². The summed E-state index contributed by atoms with van der Waals surface area (Å²) in [6.45, 7) is 6.16. The molecule has 0 fully saturated rings. The second-order valence-electron chi connectivity index (χ2n) is 4.37. The lowest BCUT2D eigenvalue weighted by Gasteiger charge is -2.20.